The third kappa shape index (κ3) is 2.42. The van der Waals surface area contributed by atoms with Crippen molar-refractivity contribution in [1.82, 2.24) is 5.32 Å². The fourth-order valence-electron chi connectivity index (χ4n) is 2.37. The molecule has 2 fully saturated rings. The van der Waals surface area contributed by atoms with Crippen molar-refractivity contribution in [2.45, 2.75) is 25.4 Å². The van der Waals surface area contributed by atoms with Gasteiger partial charge in [-0.3, -0.25) is 0 Å². The van der Waals surface area contributed by atoms with Crippen LogP contribution >= 0.6 is 0 Å². The summed E-state index contributed by atoms with van der Waals surface area (Å²) in [4.78, 5) is 0. The van der Waals surface area contributed by atoms with Gasteiger partial charge in [-0.2, -0.15) is 0 Å². The molecule has 2 atom stereocenters. The van der Waals surface area contributed by atoms with Gasteiger partial charge < -0.3 is 15.2 Å². The Morgan fingerprint density at radius 2 is 2.00 bits per heavy atom. The number of ether oxygens (including phenoxy) is 1. The maximum atomic E-state index is 9.63. The molecule has 0 aliphatic carbocycles. The molecule has 0 bridgehead atoms. The average molecular weight is 185 g/mol. The Bertz CT molecular complexity index is 157. The second kappa shape index (κ2) is 4.40. The first kappa shape index (κ1) is 9.44. The van der Waals surface area contributed by atoms with Crippen LogP contribution in [0, 0.1) is 11.8 Å². The highest BCUT2D eigenvalue weighted by molar-refractivity contribution is 4.82. The van der Waals surface area contributed by atoms with E-state index >= 15 is 0 Å². The Hall–Kier alpha value is -0.120. The number of β-amino-alcohol motifs (C(OH)–C–C–N with tert-alkyl or cyclic N) is 1. The molecule has 3 heteroatoms. The summed E-state index contributed by atoms with van der Waals surface area (Å²) in [5, 5.41) is 12.9. The van der Waals surface area contributed by atoms with Crippen molar-refractivity contribution >= 4 is 0 Å². The van der Waals surface area contributed by atoms with Gasteiger partial charge in [-0.05, 0) is 31.1 Å². The van der Waals surface area contributed by atoms with E-state index in [1.165, 1.54) is 19.3 Å². The Balaban J connectivity index is 1.75. The summed E-state index contributed by atoms with van der Waals surface area (Å²) in [5.74, 6) is 1.27. The van der Waals surface area contributed by atoms with Gasteiger partial charge in [0.15, 0.2) is 0 Å². The van der Waals surface area contributed by atoms with Crippen LogP contribution in [0.4, 0.5) is 0 Å². The number of aliphatic hydroxyl groups excluding tert-OH is 1. The minimum absolute atomic E-state index is 0.108. The predicted molar refractivity (Wildman–Crippen MR) is 50.5 cm³/mol. The molecule has 76 valence electrons. The molecular weight excluding hydrogens is 166 g/mol. The number of aliphatic hydroxyl groups is 1. The number of nitrogens with one attached hydrogen (secondary N) is 1. The Labute approximate surface area is 79.5 Å². The molecule has 2 heterocycles. The lowest BCUT2D eigenvalue weighted by atomic mass is 9.87. The summed E-state index contributed by atoms with van der Waals surface area (Å²) in [5.41, 5.74) is 0. The largest absolute Gasteiger partial charge is 0.391 e. The zero-order valence-corrected chi connectivity index (χ0v) is 8.04. The molecule has 2 unspecified atom stereocenters. The molecule has 0 aromatic carbocycles. The van der Waals surface area contributed by atoms with E-state index in [1.807, 2.05) is 0 Å². The van der Waals surface area contributed by atoms with Crippen LogP contribution < -0.4 is 5.32 Å². The highest BCUT2D eigenvalue weighted by Gasteiger charge is 2.28. The molecule has 0 aromatic heterocycles. The van der Waals surface area contributed by atoms with Crippen molar-refractivity contribution in [2.24, 2.45) is 11.8 Å². The first-order valence-corrected chi connectivity index (χ1v) is 5.33. The van der Waals surface area contributed by atoms with Gasteiger partial charge >= 0.3 is 0 Å². The average Bonchev–Trinajstić information content (AvgIpc) is 2.54. The van der Waals surface area contributed by atoms with Crippen molar-refractivity contribution in [2.75, 3.05) is 26.3 Å². The topological polar surface area (TPSA) is 41.5 Å². The van der Waals surface area contributed by atoms with Crippen LogP contribution in [0.3, 0.4) is 0 Å². The van der Waals surface area contributed by atoms with Crippen molar-refractivity contribution in [3.63, 3.8) is 0 Å². The van der Waals surface area contributed by atoms with E-state index in [2.05, 4.69) is 5.32 Å². The van der Waals surface area contributed by atoms with E-state index in [0.29, 0.717) is 5.92 Å². The zero-order chi connectivity index (χ0) is 9.10. The van der Waals surface area contributed by atoms with Gasteiger partial charge in [-0.25, -0.2) is 0 Å². The lowest BCUT2D eigenvalue weighted by molar-refractivity contribution is 0.0490. The summed E-state index contributed by atoms with van der Waals surface area (Å²) in [6.45, 7) is 3.62. The van der Waals surface area contributed by atoms with Crippen molar-refractivity contribution < 1.29 is 9.84 Å². The molecule has 3 nitrogen and oxygen atoms in total. The van der Waals surface area contributed by atoms with Crippen LogP contribution in [-0.4, -0.2) is 37.5 Å². The fourth-order valence-corrected chi connectivity index (χ4v) is 2.37. The summed E-state index contributed by atoms with van der Waals surface area (Å²) >= 11 is 0. The first-order valence-electron chi connectivity index (χ1n) is 5.33. The molecule has 2 saturated heterocycles. The minimum atomic E-state index is -0.108. The van der Waals surface area contributed by atoms with E-state index in [4.69, 9.17) is 4.74 Å². The van der Waals surface area contributed by atoms with Crippen LogP contribution in [0.25, 0.3) is 0 Å². The van der Waals surface area contributed by atoms with E-state index < -0.39 is 0 Å². The number of hydrogen-bond donors (Lipinski definition) is 2. The van der Waals surface area contributed by atoms with E-state index in [1.54, 1.807) is 0 Å². The lowest BCUT2D eigenvalue weighted by Gasteiger charge is -2.25. The molecule has 0 aromatic rings. The maximum Gasteiger partial charge on any atom is 0.0704 e. The van der Waals surface area contributed by atoms with Gasteiger partial charge in [0.05, 0.1) is 6.10 Å². The fraction of sp³-hybridized carbons (Fsp3) is 1.00. The van der Waals surface area contributed by atoms with Gasteiger partial charge in [0.1, 0.15) is 0 Å². The van der Waals surface area contributed by atoms with Gasteiger partial charge in [0, 0.05) is 26.3 Å². The summed E-state index contributed by atoms with van der Waals surface area (Å²) in [6, 6.07) is 0. The Morgan fingerprint density at radius 1 is 1.23 bits per heavy atom. The zero-order valence-electron chi connectivity index (χ0n) is 8.04. The van der Waals surface area contributed by atoms with Gasteiger partial charge in [0.2, 0.25) is 0 Å². The van der Waals surface area contributed by atoms with Crippen molar-refractivity contribution in [3.05, 3.63) is 0 Å². The van der Waals surface area contributed by atoms with Crippen molar-refractivity contribution in [1.29, 1.82) is 0 Å². The second-order valence-corrected chi connectivity index (χ2v) is 4.28. The van der Waals surface area contributed by atoms with Crippen LogP contribution in [-0.2, 0) is 4.74 Å². The molecule has 0 spiro atoms. The van der Waals surface area contributed by atoms with Crippen LogP contribution in [0.15, 0.2) is 0 Å². The third-order valence-corrected chi connectivity index (χ3v) is 3.28. The molecule has 0 radical (unpaired) electrons. The van der Waals surface area contributed by atoms with E-state index in [9.17, 15) is 5.11 Å². The normalized spacial score (nSPS) is 36.7. The quantitative estimate of drug-likeness (QED) is 0.653. The van der Waals surface area contributed by atoms with Crippen LogP contribution in [0.5, 0.6) is 0 Å². The minimum Gasteiger partial charge on any atom is -0.391 e. The highest BCUT2D eigenvalue weighted by atomic mass is 16.5. The van der Waals surface area contributed by atoms with Crippen LogP contribution in [0.2, 0.25) is 0 Å². The van der Waals surface area contributed by atoms with Gasteiger partial charge in [-0.15, -0.1) is 0 Å². The Kier molecular flexibility index (Phi) is 3.19. The van der Waals surface area contributed by atoms with Crippen molar-refractivity contribution in [3.8, 4) is 0 Å². The third-order valence-electron chi connectivity index (χ3n) is 3.28. The predicted octanol–water partition coefficient (Wildman–Crippen LogP) is 0.383. The standard InChI is InChI=1S/C10H19NO2/c12-10-7-11-6-9(10)5-8-1-3-13-4-2-8/h8-12H,1-7H2. The summed E-state index contributed by atoms with van der Waals surface area (Å²) in [7, 11) is 0. The molecule has 13 heavy (non-hydrogen) atoms. The number of rotatable bonds is 2. The van der Waals surface area contributed by atoms with Crippen LogP contribution in [0.1, 0.15) is 19.3 Å². The molecule has 2 aliphatic heterocycles. The summed E-state index contributed by atoms with van der Waals surface area (Å²) in [6.07, 6.45) is 3.44. The first-order chi connectivity index (χ1) is 6.36. The highest BCUT2D eigenvalue weighted by Crippen LogP contribution is 2.25. The molecule has 2 rings (SSSR count). The smallest absolute Gasteiger partial charge is 0.0704 e. The molecule has 2 aliphatic rings. The number of hydrogen-bond acceptors (Lipinski definition) is 3. The molecule has 2 N–H and O–H groups in total. The monoisotopic (exact) mass is 185 g/mol. The van der Waals surface area contributed by atoms with E-state index in [0.717, 1.165) is 32.2 Å². The van der Waals surface area contributed by atoms with Gasteiger partial charge in [-0.1, -0.05) is 0 Å². The SMILES string of the molecule is OC1CNCC1CC1CCOCC1. The lowest BCUT2D eigenvalue weighted by Crippen LogP contribution is -2.24. The van der Waals surface area contributed by atoms with E-state index in [-0.39, 0.29) is 6.10 Å². The van der Waals surface area contributed by atoms with Gasteiger partial charge in [0.25, 0.3) is 0 Å². The Morgan fingerprint density at radius 3 is 2.62 bits per heavy atom. The molecule has 0 saturated carbocycles. The molecular formula is C10H19NO2. The maximum absolute atomic E-state index is 9.63. The molecule has 0 amide bonds. The second-order valence-electron chi connectivity index (χ2n) is 4.28. The summed E-state index contributed by atoms with van der Waals surface area (Å²) < 4.78 is 5.31.